The van der Waals surface area contributed by atoms with Gasteiger partial charge in [-0.05, 0) is 0 Å². The molecule has 52 heteroatoms. The Labute approximate surface area is 619 Å². The fourth-order valence-electron chi connectivity index (χ4n) is 7.61. The third kappa shape index (κ3) is 45.2. The number of carbonyl (C=O) groups excluding carboxylic acids is 24. The highest BCUT2D eigenvalue weighted by Crippen LogP contribution is 2.14. The van der Waals surface area contributed by atoms with E-state index in [0.717, 1.165) is 28.4 Å². The molecule has 0 aliphatic rings. The average Bonchev–Trinajstić information content (AvgIpc) is 0.848. The molecular formula is C57H92N24O28. The predicted molar refractivity (Wildman–Crippen MR) is 361 cm³/mol. The lowest BCUT2D eigenvalue weighted by Crippen LogP contribution is -2.59. The van der Waals surface area contributed by atoms with Crippen LogP contribution in [0.1, 0.15) is 0 Å². The molecule has 24 N–H and O–H groups in total. The highest BCUT2D eigenvalue weighted by atomic mass is 16.5. The van der Waals surface area contributed by atoms with Crippen LogP contribution in [0.3, 0.4) is 0 Å². The molecule has 0 saturated heterocycles. The number of nitrogens with one attached hydrogen (secondary N) is 16. The van der Waals surface area contributed by atoms with Crippen LogP contribution in [-0.4, -0.2) is 373 Å². The van der Waals surface area contributed by atoms with Crippen molar-refractivity contribution in [2.75, 3.05) is 212 Å². The fourth-order valence-corrected chi connectivity index (χ4v) is 7.61. The largest absolute Gasteiger partial charge is 0.468 e. The van der Waals surface area contributed by atoms with Gasteiger partial charge in [-0.25, -0.2) is 0 Å². The number of nitrogens with two attached hydrogens (primary N) is 4. The van der Waals surface area contributed by atoms with Crippen molar-refractivity contribution >= 4 is 142 Å². The Morgan fingerprint density at radius 1 is 0.211 bits per heavy atom. The third-order valence-electron chi connectivity index (χ3n) is 13.6. The monoisotopic (exact) mass is 1560 g/mol. The first-order valence-corrected chi connectivity index (χ1v) is 32.0. The number of ether oxygens (including phenoxy) is 4. The zero-order chi connectivity index (χ0) is 82.6. The number of hydrogen-bond acceptors (Lipinski definition) is 32. The average molecular weight is 1560 g/mol. The van der Waals surface area contributed by atoms with Crippen LogP contribution in [0.5, 0.6) is 0 Å². The van der Waals surface area contributed by atoms with E-state index in [1.807, 2.05) is 0 Å². The number of nitrogens with zero attached hydrogens (tertiary/aromatic N) is 4. The van der Waals surface area contributed by atoms with Crippen LogP contribution in [0, 0.1) is 5.41 Å². The van der Waals surface area contributed by atoms with E-state index in [0.29, 0.717) is 19.6 Å². The summed E-state index contributed by atoms with van der Waals surface area (Å²) in [6.07, 6.45) is 0. The minimum atomic E-state index is -1.91. The zero-order valence-corrected chi connectivity index (χ0v) is 59.8. The zero-order valence-electron chi connectivity index (χ0n) is 59.8. The molecule has 52 nitrogen and oxygen atoms in total. The topological polar surface area (TPSA) is 756 Å². The van der Waals surface area contributed by atoms with Crippen molar-refractivity contribution < 1.29 is 134 Å². The van der Waals surface area contributed by atoms with E-state index in [4.69, 9.17) is 22.9 Å². The van der Waals surface area contributed by atoms with Crippen molar-refractivity contribution in [3.05, 3.63) is 0 Å². The Kier molecular flexibility index (Phi) is 47.5. The lowest BCUT2D eigenvalue weighted by molar-refractivity contribution is -0.148. The number of carbonyl (C=O) groups is 24. The molecule has 0 saturated carbocycles. The molecule has 0 spiro atoms. The van der Waals surface area contributed by atoms with Crippen LogP contribution in [-0.2, 0) is 134 Å². The highest BCUT2D eigenvalue weighted by Gasteiger charge is 2.34. The van der Waals surface area contributed by atoms with Crippen LogP contribution in [0.2, 0.25) is 0 Å². The summed E-state index contributed by atoms with van der Waals surface area (Å²) in [5.74, 6) is -23.3. The van der Waals surface area contributed by atoms with Gasteiger partial charge >= 0.3 is 23.9 Å². The molecule has 608 valence electrons. The number of amides is 20. The van der Waals surface area contributed by atoms with Gasteiger partial charge in [0.25, 0.3) is 0 Å². The Morgan fingerprint density at radius 2 is 0.358 bits per heavy atom. The molecule has 0 rings (SSSR count). The molecule has 0 radical (unpaired) electrons. The van der Waals surface area contributed by atoms with Crippen LogP contribution >= 0.6 is 0 Å². The molecule has 20 amide bonds. The molecule has 0 atom stereocenters. The second-order valence-corrected chi connectivity index (χ2v) is 22.0. The smallest absolute Gasteiger partial charge is 0.325 e. The van der Waals surface area contributed by atoms with Crippen molar-refractivity contribution in [1.82, 2.24) is 105 Å². The van der Waals surface area contributed by atoms with E-state index in [1.165, 1.54) is 0 Å². The Hall–Kier alpha value is -12.9. The van der Waals surface area contributed by atoms with E-state index < -0.39 is 331 Å². The number of esters is 4. The summed E-state index contributed by atoms with van der Waals surface area (Å²) in [6, 6.07) is 0. The molecule has 109 heavy (non-hydrogen) atoms. The molecule has 0 fully saturated rings. The number of rotatable bonds is 52. The lowest BCUT2D eigenvalue weighted by Gasteiger charge is -2.35. The molecule has 0 unspecified atom stereocenters. The van der Waals surface area contributed by atoms with E-state index in [-0.39, 0.29) is 0 Å². The van der Waals surface area contributed by atoms with Gasteiger partial charge < -0.3 is 147 Å². The molecule has 0 bridgehead atoms. The Balaban J connectivity index is 7.05. The summed E-state index contributed by atoms with van der Waals surface area (Å²) in [4.78, 5) is 305. The second kappa shape index (κ2) is 53.8. The van der Waals surface area contributed by atoms with Gasteiger partial charge in [-0.1, -0.05) is 0 Å². The SMILES string of the molecule is COC(=O)CN(CC(=O)NCC(=O)NCC(=O)NCC(CNC(=O)CNC(=O)CNC(=O)CN(CC(=O)OC)C(=O)CNC(=O)CN)(CNC(=O)CNC(=O)CNC(=O)CN(CC(=O)OC)C(=O)CNC(=O)CN)CNC(=O)CNC(=O)CNC(=O)CN(CC(=O)OC)C(=O)CNC(=O)CN)C(=O)CNC(=O)CN. The van der Waals surface area contributed by atoms with E-state index in [9.17, 15) is 115 Å². The van der Waals surface area contributed by atoms with Gasteiger partial charge in [-0.15, -0.1) is 0 Å². The molecule has 0 aliphatic carbocycles. The van der Waals surface area contributed by atoms with Crippen molar-refractivity contribution in [2.45, 2.75) is 0 Å². The van der Waals surface area contributed by atoms with Gasteiger partial charge in [0, 0.05) is 31.6 Å². The van der Waals surface area contributed by atoms with Gasteiger partial charge in [-0.2, -0.15) is 0 Å². The third-order valence-corrected chi connectivity index (χ3v) is 13.6. The molecule has 0 aromatic carbocycles. The quantitative estimate of drug-likeness (QED) is 0.0199. The number of methoxy groups -OCH3 is 4. The van der Waals surface area contributed by atoms with Crippen molar-refractivity contribution in [3.8, 4) is 0 Å². The van der Waals surface area contributed by atoms with Gasteiger partial charge in [0.2, 0.25) is 118 Å². The Morgan fingerprint density at radius 3 is 0.514 bits per heavy atom. The van der Waals surface area contributed by atoms with Crippen LogP contribution in [0.25, 0.3) is 0 Å². The molecule has 0 aliphatic heterocycles. The highest BCUT2D eigenvalue weighted by molar-refractivity contribution is 5.97. The summed E-state index contributed by atoms with van der Waals surface area (Å²) < 4.78 is 18.2. The Bertz CT molecular complexity index is 2880. The maximum atomic E-state index is 13.5. The van der Waals surface area contributed by atoms with Crippen LogP contribution in [0.15, 0.2) is 0 Å². The minimum absolute atomic E-state index is 0.503. The van der Waals surface area contributed by atoms with Gasteiger partial charge in [0.15, 0.2) is 0 Å². The van der Waals surface area contributed by atoms with Gasteiger partial charge in [-0.3, -0.25) is 115 Å². The maximum Gasteiger partial charge on any atom is 0.325 e. The van der Waals surface area contributed by atoms with E-state index >= 15 is 0 Å². The van der Waals surface area contributed by atoms with Gasteiger partial charge in [0.05, 0.1) is 133 Å². The first kappa shape index (κ1) is 96.1. The molecule has 0 aromatic heterocycles. The normalized spacial score (nSPS) is 10.3. The molecule has 0 heterocycles. The summed E-state index contributed by atoms with van der Waals surface area (Å²) in [7, 11) is 3.93. The summed E-state index contributed by atoms with van der Waals surface area (Å²) >= 11 is 0. The number of hydrogen-bond donors (Lipinski definition) is 20. The standard InChI is InChI=1S/C57H92N24O28/c1-106-53(102)25-78(49(98)17-70-33(82)5-58)21-45(94)66-9-37(86)62-13-41(90)74-29-57(30-75-42(91)14-63-38(87)10-67-46(95)22-79(26-54(103)107-2)50(99)18-71-34(83)6-59,31-76-43(92)15-64-39(88)11-68-47(96)23-80(27-55(104)108-3)51(100)19-72-35(84)7-60)32-77-44(93)16-65-40(89)12-69-48(97)24-81(28-56(105)109-4)52(101)20-73-36(85)8-61/h5-32,58-61H2,1-4H3,(H,62,86)(H,63,87)(H,64,88)(H,65,89)(H,66,94)(H,67,95)(H,68,96)(H,69,97)(H,70,82)(H,71,83)(H,72,84)(H,73,85)(H,74,90)(H,75,91)(H,76,92)(H,77,93). The maximum absolute atomic E-state index is 13.5. The van der Waals surface area contributed by atoms with E-state index in [1.54, 1.807) is 0 Å². The minimum Gasteiger partial charge on any atom is -0.468 e. The lowest BCUT2D eigenvalue weighted by atomic mass is 9.86. The molecule has 0 aromatic rings. The van der Waals surface area contributed by atoms with Crippen LogP contribution in [0.4, 0.5) is 0 Å². The van der Waals surface area contributed by atoms with Crippen molar-refractivity contribution in [3.63, 3.8) is 0 Å². The van der Waals surface area contributed by atoms with E-state index in [2.05, 4.69) is 104 Å². The first-order valence-electron chi connectivity index (χ1n) is 32.0. The summed E-state index contributed by atoms with van der Waals surface area (Å²) in [5, 5.41) is 35.5. The summed E-state index contributed by atoms with van der Waals surface area (Å²) in [6.45, 7) is -21.4. The second-order valence-electron chi connectivity index (χ2n) is 22.0. The van der Waals surface area contributed by atoms with Gasteiger partial charge in [0.1, 0.15) is 52.4 Å². The molecular weight excluding hydrogens is 1470 g/mol. The predicted octanol–water partition coefficient (Wildman–Crippen LogP) is -20.3. The summed E-state index contributed by atoms with van der Waals surface area (Å²) in [5.41, 5.74) is 19.0. The fraction of sp³-hybridized carbons (Fsp3) is 0.579. The van der Waals surface area contributed by atoms with Crippen molar-refractivity contribution in [2.24, 2.45) is 28.3 Å². The van der Waals surface area contributed by atoms with Crippen LogP contribution < -0.4 is 108 Å². The first-order chi connectivity index (χ1) is 51.5. The van der Waals surface area contributed by atoms with Crippen molar-refractivity contribution in [1.29, 1.82) is 0 Å².